The molecule has 212 valence electrons. The maximum absolute atomic E-state index is 12.9. The van der Waals surface area contributed by atoms with Gasteiger partial charge in [0.25, 0.3) is 5.91 Å². The van der Waals surface area contributed by atoms with Crippen molar-refractivity contribution in [1.82, 2.24) is 15.5 Å². The van der Waals surface area contributed by atoms with Gasteiger partial charge in [0.1, 0.15) is 17.2 Å². The van der Waals surface area contributed by atoms with Crippen LogP contribution in [0.3, 0.4) is 0 Å². The minimum absolute atomic E-state index is 0.0563. The molecule has 39 heavy (non-hydrogen) atoms. The fourth-order valence-electron chi connectivity index (χ4n) is 3.91. The Morgan fingerprint density at radius 3 is 2.49 bits per heavy atom. The Bertz CT molecular complexity index is 1280. The Morgan fingerprint density at radius 1 is 1.21 bits per heavy atom. The molecule has 3 N–H and O–H groups in total. The fourth-order valence-corrected chi connectivity index (χ4v) is 5.35. The van der Waals surface area contributed by atoms with Crippen LogP contribution in [0.1, 0.15) is 39.2 Å². The number of methoxy groups -OCH3 is 1. The molecule has 1 atom stereocenters. The van der Waals surface area contributed by atoms with Crippen molar-refractivity contribution in [3.63, 3.8) is 0 Å². The van der Waals surface area contributed by atoms with Crippen molar-refractivity contribution >= 4 is 74.6 Å². The molecule has 0 saturated carbocycles. The van der Waals surface area contributed by atoms with Crippen LogP contribution in [0.2, 0.25) is 10.0 Å². The van der Waals surface area contributed by atoms with Gasteiger partial charge in [-0.3, -0.25) is 9.59 Å². The van der Waals surface area contributed by atoms with Crippen LogP contribution in [-0.2, 0) is 23.9 Å². The number of nitrogens with zero attached hydrogens (tertiary/aromatic N) is 1. The molecule has 1 saturated heterocycles. The quantitative estimate of drug-likeness (QED) is 0.326. The second-order valence-electron chi connectivity index (χ2n) is 10.1. The Kier molecular flexibility index (Phi) is 9.87. The van der Waals surface area contributed by atoms with Crippen molar-refractivity contribution in [1.29, 1.82) is 0 Å². The summed E-state index contributed by atoms with van der Waals surface area (Å²) in [4.78, 5) is 51.3. The molecule has 10 nitrogen and oxygen atoms in total. The summed E-state index contributed by atoms with van der Waals surface area (Å²) in [5, 5.41) is 19.4. The van der Waals surface area contributed by atoms with Crippen molar-refractivity contribution in [2.24, 2.45) is 0 Å². The Hall–Kier alpha value is -2.86. The number of alkyl carbamates (subject to hydrolysis) is 1. The highest BCUT2D eigenvalue weighted by molar-refractivity contribution is 7.18. The lowest BCUT2D eigenvalue weighted by Gasteiger charge is -2.37. The average molecular weight is 601 g/mol. The van der Waals surface area contributed by atoms with Gasteiger partial charge in [-0.2, -0.15) is 0 Å². The van der Waals surface area contributed by atoms with Crippen molar-refractivity contribution in [3.05, 3.63) is 39.2 Å². The van der Waals surface area contributed by atoms with Gasteiger partial charge in [-0.15, -0.1) is 11.3 Å². The number of nitrogens with one attached hydrogen (secondary N) is 2. The fraction of sp³-hybridized carbons (Fsp3) is 0.462. The molecule has 3 rings (SSSR count). The van der Waals surface area contributed by atoms with Crippen LogP contribution in [0.25, 0.3) is 16.2 Å². The van der Waals surface area contributed by atoms with Gasteiger partial charge in [0.2, 0.25) is 5.91 Å². The first-order valence-electron chi connectivity index (χ1n) is 12.1. The lowest BCUT2D eigenvalue weighted by atomic mass is 9.90. The summed E-state index contributed by atoms with van der Waals surface area (Å²) in [6.07, 6.45) is 2.07. The van der Waals surface area contributed by atoms with Crippen molar-refractivity contribution < 1.29 is 33.8 Å². The topological polar surface area (TPSA) is 134 Å². The number of hydrogen-bond donors (Lipinski definition) is 3. The third-order valence-electron chi connectivity index (χ3n) is 6.02. The number of benzene rings is 1. The van der Waals surface area contributed by atoms with E-state index in [1.54, 1.807) is 26.8 Å². The number of amides is 3. The zero-order valence-electron chi connectivity index (χ0n) is 22.0. The number of ether oxygens (including phenoxy) is 2. The molecule has 1 aromatic carbocycles. The molecular weight excluding hydrogens is 569 g/mol. The molecule has 3 amide bonds. The summed E-state index contributed by atoms with van der Waals surface area (Å²) in [5.41, 5.74) is -1.97. The number of esters is 1. The number of carbonyl (C=O) groups excluding carboxylic acids is 4. The first-order valence-corrected chi connectivity index (χ1v) is 13.8. The standard InChI is InChI=1S/C26H31Cl2N3O7S/c1-25(2,3)38-24(35)29-14-17(22(33)37-4)30-23(34)26(36)8-10-31(11-9-26)18(32)6-5-15-13-16-7-12-39-21(16)20(28)19(15)27/h5-7,12-13,17,36H,8-11,14H2,1-4H3,(H,29,35)(H,30,34)/t17-/m0/s1. The zero-order valence-corrected chi connectivity index (χ0v) is 24.3. The van der Waals surface area contributed by atoms with Crippen LogP contribution in [0.5, 0.6) is 0 Å². The second kappa shape index (κ2) is 12.5. The SMILES string of the molecule is COC(=O)[C@H](CNC(=O)OC(C)(C)C)NC(=O)C1(O)CCN(C(=O)C=Cc2cc3ccsc3c(Cl)c2Cl)CC1. The molecular formula is C26H31Cl2N3O7S. The van der Waals surface area contributed by atoms with E-state index in [4.69, 9.17) is 32.7 Å². The van der Waals surface area contributed by atoms with Gasteiger partial charge in [0, 0.05) is 32.0 Å². The number of halogens is 2. The maximum atomic E-state index is 12.9. The third-order valence-corrected chi connectivity index (χ3v) is 7.96. The summed E-state index contributed by atoms with van der Waals surface area (Å²) in [6, 6.07) is 2.51. The van der Waals surface area contributed by atoms with Crippen LogP contribution in [0, 0.1) is 0 Å². The minimum Gasteiger partial charge on any atom is -0.467 e. The molecule has 2 aromatic rings. The van der Waals surface area contributed by atoms with Crippen molar-refractivity contribution in [2.45, 2.75) is 50.9 Å². The molecule has 1 aliphatic heterocycles. The van der Waals surface area contributed by atoms with Gasteiger partial charge in [0.15, 0.2) is 0 Å². The number of piperidine rings is 1. The van der Waals surface area contributed by atoms with Crippen LogP contribution in [-0.4, -0.2) is 77.9 Å². The summed E-state index contributed by atoms with van der Waals surface area (Å²) in [5.74, 6) is -1.93. The van der Waals surface area contributed by atoms with Gasteiger partial charge in [-0.25, -0.2) is 9.59 Å². The molecule has 0 radical (unpaired) electrons. The van der Waals surface area contributed by atoms with E-state index in [-0.39, 0.29) is 38.4 Å². The molecule has 13 heteroatoms. The monoisotopic (exact) mass is 599 g/mol. The summed E-state index contributed by atoms with van der Waals surface area (Å²) < 4.78 is 10.7. The molecule has 1 fully saturated rings. The van der Waals surface area contributed by atoms with Gasteiger partial charge < -0.3 is 30.1 Å². The zero-order chi connectivity index (χ0) is 29.0. The molecule has 1 aliphatic rings. The Morgan fingerprint density at radius 2 is 1.87 bits per heavy atom. The predicted molar refractivity (Wildman–Crippen MR) is 150 cm³/mol. The number of fused-ring (bicyclic) bond motifs is 1. The highest BCUT2D eigenvalue weighted by Crippen LogP contribution is 2.37. The highest BCUT2D eigenvalue weighted by atomic mass is 35.5. The molecule has 0 aliphatic carbocycles. The van der Waals surface area contributed by atoms with Gasteiger partial charge in [-0.1, -0.05) is 23.2 Å². The van der Waals surface area contributed by atoms with Crippen LogP contribution in [0.4, 0.5) is 4.79 Å². The molecule has 0 spiro atoms. The van der Waals surface area contributed by atoms with Crippen molar-refractivity contribution in [3.8, 4) is 0 Å². The van der Waals surface area contributed by atoms with Gasteiger partial charge in [-0.05, 0) is 55.3 Å². The van der Waals surface area contributed by atoms with Crippen LogP contribution in [0.15, 0.2) is 23.6 Å². The first-order chi connectivity index (χ1) is 18.2. The summed E-state index contributed by atoms with van der Waals surface area (Å²) in [6.45, 7) is 4.95. The number of carbonyl (C=O) groups is 4. The Labute approximate surface area is 240 Å². The first kappa shape index (κ1) is 30.7. The van der Waals surface area contributed by atoms with E-state index in [1.165, 1.54) is 22.3 Å². The number of thiophene rings is 1. The minimum atomic E-state index is -1.82. The van der Waals surface area contributed by atoms with E-state index < -0.39 is 35.2 Å². The molecule has 1 aromatic heterocycles. The lowest BCUT2D eigenvalue weighted by Crippen LogP contribution is -2.59. The van der Waals surface area contributed by atoms with E-state index in [9.17, 15) is 24.3 Å². The highest BCUT2D eigenvalue weighted by Gasteiger charge is 2.41. The van der Waals surface area contributed by atoms with Crippen LogP contribution >= 0.6 is 34.5 Å². The average Bonchev–Trinajstić information content (AvgIpc) is 3.35. The van der Waals surface area contributed by atoms with Crippen LogP contribution < -0.4 is 10.6 Å². The maximum Gasteiger partial charge on any atom is 0.407 e. The molecule has 0 unspecified atom stereocenters. The van der Waals surface area contributed by atoms with Gasteiger partial charge in [0.05, 0.1) is 28.4 Å². The third kappa shape index (κ3) is 7.84. The second-order valence-corrected chi connectivity index (χ2v) is 11.7. The molecule has 2 heterocycles. The van der Waals surface area contributed by atoms with E-state index in [1.807, 2.05) is 17.5 Å². The van der Waals surface area contributed by atoms with E-state index in [2.05, 4.69) is 10.6 Å². The van der Waals surface area contributed by atoms with E-state index in [0.29, 0.717) is 15.6 Å². The number of rotatable bonds is 7. The summed E-state index contributed by atoms with van der Waals surface area (Å²) in [7, 11) is 1.14. The largest absolute Gasteiger partial charge is 0.467 e. The summed E-state index contributed by atoms with van der Waals surface area (Å²) >= 11 is 14.2. The number of likely N-dealkylation sites (tertiary alicyclic amines) is 1. The lowest BCUT2D eigenvalue weighted by molar-refractivity contribution is -0.153. The van der Waals surface area contributed by atoms with E-state index in [0.717, 1.165) is 17.2 Å². The van der Waals surface area contributed by atoms with E-state index >= 15 is 0 Å². The van der Waals surface area contributed by atoms with Crippen molar-refractivity contribution in [2.75, 3.05) is 26.7 Å². The Balaban J connectivity index is 1.58. The number of hydrogen-bond acceptors (Lipinski definition) is 8. The normalized spacial score (nSPS) is 16.1. The molecule has 0 bridgehead atoms. The van der Waals surface area contributed by atoms with Gasteiger partial charge >= 0.3 is 12.1 Å². The smallest absolute Gasteiger partial charge is 0.407 e. The predicted octanol–water partition coefficient (Wildman–Crippen LogP) is 3.76. The number of aliphatic hydroxyl groups is 1.